The highest BCUT2D eigenvalue weighted by atomic mass is 19.3. The van der Waals surface area contributed by atoms with E-state index >= 15 is 0 Å². The van der Waals surface area contributed by atoms with Crippen molar-refractivity contribution in [3.8, 4) is 0 Å². The van der Waals surface area contributed by atoms with Crippen LogP contribution in [0, 0.1) is 11.8 Å². The van der Waals surface area contributed by atoms with Gasteiger partial charge in [0.25, 0.3) is 6.43 Å². The summed E-state index contributed by atoms with van der Waals surface area (Å²) in [7, 11) is 0. The molecule has 2 aliphatic carbocycles. The summed E-state index contributed by atoms with van der Waals surface area (Å²) in [5, 5.41) is 0. The minimum absolute atomic E-state index is 0.0802. The molecule has 0 aromatic rings. The van der Waals surface area contributed by atoms with E-state index in [2.05, 4.69) is 13.8 Å². The fraction of sp³-hybridized carbons (Fsp3) is 0.889. The van der Waals surface area contributed by atoms with Crippen LogP contribution in [0.15, 0.2) is 11.1 Å². The fourth-order valence-corrected chi connectivity index (χ4v) is 4.07. The lowest BCUT2D eigenvalue weighted by molar-refractivity contribution is -0.0453. The van der Waals surface area contributed by atoms with Crippen LogP contribution < -0.4 is 0 Å². The van der Waals surface area contributed by atoms with Crippen LogP contribution in [0.25, 0.3) is 0 Å². The largest absolute Gasteiger partial charge is 0.372 e. The van der Waals surface area contributed by atoms with Crippen molar-refractivity contribution in [1.29, 1.82) is 0 Å². The first-order valence-electron chi connectivity index (χ1n) is 8.67. The van der Waals surface area contributed by atoms with E-state index in [0.29, 0.717) is 0 Å². The lowest BCUT2D eigenvalue weighted by atomic mass is 9.71. The van der Waals surface area contributed by atoms with E-state index in [9.17, 15) is 8.78 Å². The van der Waals surface area contributed by atoms with Crippen LogP contribution in [0.4, 0.5) is 8.78 Å². The highest BCUT2D eigenvalue weighted by Crippen LogP contribution is 2.41. The topological polar surface area (TPSA) is 9.23 Å². The van der Waals surface area contributed by atoms with E-state index in [1.807, 2.05) is 0 Å². The van der Waals surface area contributed by atoms with E-state index in [1.54, 1.807) is 11.1 Å². The molecule has 0 spiro atoms. The molecule has 21 heavy (non-hydrogen) atoms. The van der Waals surface area contributed by atoms with E-state index < -0.39 is 6.43 Å². The summed E-state index contributed by atoms with van der Waals surface area (Å²) in [6.07, 6.45) is 8.47. The quantitative estimate of drug-likeness (QED) is 0.588. The zero-order chi connectivity index (χ0) is 15.2. The average molecular weight is 300 g/mol. The smallest absolute Gasteiger partial charge is 0.261 e. The molecule has 0 N–H and O–H groups in total. The predicted molar refractivity (Wildman–Crippen MR) is 82.7 cm³/mol. The molecule has 0 saturated heterocycles. The van der Waals surface area contributed by atoms with Gasteiger partial charge in [0, 0.05) is 0 Å². The second-order valence-electron chi connectivity index (χ2n) is 6.84. The van der Waals surface area contributed by atoms with Crippen LogP contribution in [0.3, 0.4) is 0 Å². The summed E-state index contributed by atoms with van der Waals surface area (Å²) in [5.41, 5.74) is 3.29. The maximum absolute atomic E-state index is 12.2. The molecule has 0 aromatic heterocycles. The van der Waals surface area contributed by atoms with Gasteiger partial charge in [-0.1, -0.05) is 18.1 Å². The van der Waals surface area contributed by atoms with Crippen molar-refractivity contribution in [2.75, 3.05) is 6.61 Å². The Morgan fingerprint density at radius 1 is 1.05 bits per heavy atom. The molecule has 3 heteroatoms. The molecule has 1 nitrogen and oxygen atoms in total. The van der Waals surface area contributed by atoms with Gasteiger partial charge in [-0.15, -0.1) is 0 Å². The molecule has 0 heterocycles. The lowest BCUT2D eigenvalue weighted by Crippen LogP contribution is -2.28. The summed E-state index contributed by atoms with van der Waals surface area (Å²) in [6, 6.07) is 0. The van der Waals surface area contributed by atoms with Gasteiger partial charge in [-0.2, -0.15) is 0 Å². The van der Waals surface area contributed by atoms with Crippen LogP contribution >= 0.6 is 0 Å². The number of alkyl halides is 2. The fourth-order valence-electron chi connectivity index (χ4n) is 4.07. The average Bonchev–Trinajstić information content (AvgIpc) is 2.53. The van der Waals surface area contributed by atoms with Gasteiger partial charge in [0.2, 0.25) is 0 Å². The minimum Gasteiger partial charge on any atom is -0.372 e. The van der Waals surface area contributed by atoms with Gasteiger partial charge in [0.05, 0.1) is 6.10 Å². The Kier molecular flexibility index (Phi) is 6.66. The van der Waals surface area contributed by atoms with Crippen LogP contribution in [-0.4, -0.2) is 19.1 Å². The highest BCUT2D eigenvalue weighted by molar-refractivity contribution is 5.14. The predicted octanol–water partition coefficient (Wildman–Crippen LogP) is 5.74. The van der Waals surface area contributed by atoms with E-state index in [0.717, 1.165) is 24.7 Å². The summed E-state index contributed by atoms with van der Waals surface area (Å²) >= 11 is 0. The Balaban J connectivity index is 1.72. The number of allylic oxidation sites excluding steroid dienone is 2. The lowest BCUT2D eigenvalue weighted by Gasteiger charge is -2.36. The molecule has 2 rings (SSSR count). The Hall–Kier alpha value is -0.440. The molecular formula is C18H30F2O. The van der Waals surface area contributed by atoms with Gasteiger partial charge in [-0.05, 0) is 76.5 Å². The summed E-state index contributed by atoms with van der Waals surface area (Å²) in [5.74, 6) is 1.66. The van der Waals surface area contributed by atoms with Crippen molar-refractivity contribution in [3.05, 3.63) is 11.1 Å². The van der Waals surface area contributed by atoms with Gasteiger partial charge < -0.3 is 4.74 Å². The molecular weight excluding hydrogens is 270 g/mol. The van der Waals surface area contributed by atoms with E-state index in [-0.39, 0.29) is 12.7 Å². The number of hydrogen-bond donors (Lipinski definition) is 0. The Bertz CT molecular complexity index is 333. The standard InChI is InChI=1S/C18H30F2O/c1-3-13(2)14-4-6-15(7-5-14)16-8-10-17(11-9-16)21-12-18(19)20/h15-18H,3-12H2,1-2H3. The van der Waals surface area contributed by atoms with Gasteiger partial charge in [0.1, 0.15) is 6.61 Å². The summed E-state index contributed by atoms with van der Waals surface area (Å²) < 4.78 is 29.6. The molecule has 0 atom stereocenters. The zero-order valence-corrected chi connectivity index (χ0v) is 13.5. The third-order valence-electron chi connectivity index (χ3n) is 5.61. The Morgan fingerprint density at radius 3 is 2.14 bits per heavy atom. The van der Waals surface area contributed by atoms with Crippen LogP contribution in [0.5, 0.6) is 0 Å². The van der Waals surface area contributed by atoms with Crippen molar-refractivity contribution >= 4 is 0 Å². The van der Waals surface area contributed by atoms with Gasteiger partial charge in [-0.25, -0.2) is 8.78 Å². The second kappa shape index (κ2) is 8.26. The molecule has 0 aliphatic heterocycles. The number of ether oxygens (including phenoxy) is 1. The summed E-state index contributed by atoms with van der Waals surface area (Å²) in [4.78, 5) is 0. The normalized spacial score (nSPS) is 30.7. The first-order valence-corrected chi connectivity index (χ1v) is 8.67. The number of rotatable bonds is 5. The molecule has 2 aliphatic rings. The van der Waals surface area contributed by atoms with Gasteiger partial charge in [0.15, 0.2) is 0 Å². The van der Waals surface area contributed by atoms with Crippen molar-refractivity contribution < 1.29 is 13.5 Å². The maximum atomic E-state index is 12.2. The van der Waals surface area contributed by atoms with E-state index in [1.165, 1.54) is 44.9 Å². The zero-order valence-electron chi connectivity index (χ0n) is 13.5. The molecule has 0 bridgehead atoms. The highest BCUT2D eigenvalue weighted by Gasteiger charge is 2.30. The second-order valence-corrected chi connectivity index (χ2v) is 6.84. The molecule has 0 unspecified atom stereocenters. The first kappa shape index (κ1) is 16.9. The molecule has 0 amide bonds. The SMILES string of the molecule is CCC(C)=C1CCC(C2CCC(OCC(F)F)CC2)CC1. The van der Waals surface area contributed by atoms with Crippen molar-refractivity contribution in [2.24, 2.45) is 11.8 Å². The monoisotopic (exact) mass is 300 g/mol. The number of hydrogen-bond acceptors (Lipinski definition) is 1. The van der Waals surface area contributed by atoms with Crippen molar-refractivity contribution in [2.45, 2.75) is 84.2 Å². The molecule has 0 radical (unpaired) electrons. The first-order chi connectivity index (χ1) is 10.1. The molecule has 2 fully saturated rings. The van der Waals surface area contributed by atoms with Gasteiger partial charge >= 0.3 is 0 Å². The number of halogens is 2. The molecule has 0 aromatic carbocycles. The van der Waals surface area contributed by atoms with E-state index in [4.69, 9.17) is 4.74 Å². The Labute approximate surface area is 128 Å². The summed E-state index contributed by atoms with van der Waals surface area (Å²) in [6.45, 7) is 4.14. The third kappa shape index (κ3) is 5.05. The maximum Gasteiger partial charge on any atom is 0.261 e. The molecule has 2 saturated carbocycles. The van der Waals surface area contributed by atoms with Gasteiger partial charge in [-0.3, -0.25) is 0 Å². The van der Waals surface area contributed by atoms with Crippen LogP contribution in [0.2, 0.25) is 0 Å². The molecule has 122 valence electrons. The van der Waals surface area contributed by atoms with Crippen LogP contribution in [0.1, 0.15) is 71.6 Å². The van der Waals surface area contributed by atoms with Crippen LogP contribution in [-0.2, 0) is 4.74 Å². The van der Waals surface area contributed by atoms with Crippen molar-refractivity contribution in [3.63, 3.8) is 0 Å². The van der Waals surface area contributed by atoms with Crippen molar-refractivity contribution in [1.82, 2.24) is 0 Å². The Morgan fingerprint density at radius 2 is 1.62 bits per heavy atom. The third-order valence-corrected chi connectivity index (χ3v) is 5.61. The minimum atomic E-state index is -2.33.